The highest BCUT2D eigenvalue weighted by Gasteiger charge is 2.22. The van der Waals surface area contributed by atoms with Crippen LogP contribution >= 0.6 is 0 Å². The Morgan fingerprint density at radius 2 is 1.89 bits per heavy atom. The molecule has 0 saturated heterocycles. The number of hydrogen-bond acceptors (Lipinski definition) is 3. The van der Waals surface area contributed by atoms with E-state index in [1.807, 2.05) is 33.9 Å². The molecule has 0 radical (unpaired) electrons. The molecule has 0 amide bonds. The van der Waals surface area contributed by atoms with Crippen LogP contribution in [0.25, 0.3) is 0 Å². The van der Waals surface area contributed by atoms with E-state index in [-0.39, 0.29) is 0 Å². The molecule has 1 aromatic rings. The predicted octanol–water partition coefficient (Wildman–Crippen LogP) is 1.53. The third-order valence-corrected chi connectivity index (χ3v) is 5.05. The second-order valence-electron chi connectivity index (χ2n) is 4.35. The van der Waals surface area contributed by atoms with Crippen molar-refractivity contribution in [3.05, 3.63) is 29.3 Å². The van der Waals surface area contributed by atoms with Crippen LogP contribution in [0, 0.1) is 13.8 Å². The molecule has 1 N–H and O–H groups in total. The van der Waals surface area contributed by atoms with Crippen molar-refractivity contribution >= 4 is 10.0 Å². The summed E-state index contributed by atoms with van der Waals surface area (Å²) >= 11 is 0. The molecule has 0 bridgehead atoms. The minimum atomic E-state index is -3.37. The first kappa shape index (κ1) is 15.1. The summed E-state index contributed by atoms with van der Waals surface area (Å²) in [6, 6.07) is 5.28. The van der Waals surface area contributed by atoms with Gasteiger partial charge in [0.15, 0.2) is 0 Å². The van der Waals surface area contributed by atoms with Crippen LogP contribution in [0.1, 0.15) is 18.1 Å². The predicted molar refractivity (Wildman–Crippen MR) is 74.3 cm³/mol. The molecule has 0 saturated carbocycles. The van der Waals surface area contributed by atoms with Gasteiger partial charge in [-0.2, -0.15) is 4.31 Å². The molecule has 5 heteroatoms. The molecule has 0 spiro atoms. The summed E-state index contributed by atoms with van der Waals surface area (Å²) in [4.78, 5) is 0.378. The summed E-state index contributed by atoms with van der Waals surface area (Å²) in [5.41, 5.74) is 2.10. The molecule has 0 aliphatic heterocycles. The first-order chi connectivity index (χ1) is 8.43. The lowest BCUT2D eigenvalue weighted by atomic mass is 10.1. The molecule has 0 atom stereocenters. The molecule has 4 nitrogen and oxygen atoms in total. The van der Waals surface area contributed by atoms with E-state index in [4.69, 9.17) is 0 Å². The van der Waals surface area contributed by atoms with E-state index in [1.54, 1.807) is 12.1 Å². The van der Waals surface area contributed by atoms with Crippen molar-refractivity contribution in [3.63, 3.8) is 0 Å². The van der Waals surface area contributed by atoms with Gasteiger partial charge in [-0.1, -0.05) is 13.0 Å². The third-order valence-electron chi connectivity index (χ3n) is 3.08. The highest BCUT2D eigenvalue weighted by molar-refractivity contribution is 7.89. The van der Waals surface area contributed by atoms with Gasteiger partial charge in [-0.25, -0.2) is 8.42 Å². The van der Waals surface area contributed by atoms with Gasteiger partial charge in [0.1, 0.15) is 0 Å². The Morgan fingerprint density at radius 3 is 2.39 bits per heavy atom. The van der Waals surface area contributed by atoms with Crippen LogP contribution in [0.2, 0.25) is 0 Å². The van der Waals surface area contributed by atoms with Crippen molar-refractivity contribution in [2.24, 2.45) is 0 Å². The number of aryl methyl sites for hydroxylation is 2. The lowest BCUT2D eigenvalue weighted by Crippen LogP contribution is -2.36. The van der Waals surface area contributed by atoms with E-state index in [1.165, 1.54) is 4.31 Å². The fourth-order valence-electron chi connectivity index (χ4n) is 1.71. The van der Waals surface area contributed by atoms with Crippen LogP contribution in [-0.4, -0.2) is 39.4 Å². The average Bonchev–Trinajstić information content (AvgIpc) is 2.33. The zero-order valence-corrected chi connectivity index (χ0v) is 12.3. The molecule has 1 aromatic carbocycles. The third kappa shape index (κ3) is 3.31. The maximum atomic E-state index is 12.4. The van der Waals surface area contributed by atoms with E-state index < -0.39 is 10.0 Å². The molecule has 1 rings (SSSR count). The Balaban J connectivity index is 3.06. The zero-order valence-electron chi connectivity index (χ0n) is 11.5. The number of rotatable bonds is 6. The summed E-state index contributed by atoms with van der Waals surface area (Å²) in [6.07, 6.45) is 0. The first-order valence-electron chi connectivity index (χ1n) is 6.15. The summed E-state index contributed by atoms with van der Waals surface area (Å²) in [5.74, 6) is 0. The fraction of sp³-hybridized carbons (Fsp3) is 0.538. The molecule has 0 aliphatic rings. The molecule has 18 heavy (non-hydrogen) atoms. The minimum Gasteiger partial charge on any atom is -0.318 e. The van der Waals surface area contributed by atoms with Crippen molar-refractivity contribution in [2.45, 2.75) is 25.7 Å². The highest BCUT2D eigenvalue weighted by Crippen LogP contribution is 2.18. The van der Waals surface area contributed by atoms with Crippen LogP contribution in [0.4, 0.5) is 0 Å². The largest absolute Gasteiger partial charge is 0.318 e. The standard InChI is InChI=1S/C13H22N2O2S/c1-5-15(9-8-14-4)18(16,17)13-7-6-11(2)12(3)10-13/h6-7,10,14H,5,8-9H2,1-4H3. The number of likely N-dealkylation sites (N-methyl/N-ethyl adjacent to an activating group) is 2. The average molecular weight is 270 g/mol. The number of sulfonamides is 1. The van der Waals surface area contributed by atoms with Gasteiger partial charge in [0.2, 0.25) is 10.0 Å². The molecule has 0 unspecified atom stereocenters. The quantitative estimate of drug-likeness (QED) is 0.853. The summed E-state index contributed by atoms with van der Waals surface area (Å²) < 4.78 is 26.4. The lowest BCUT2D eigenvalue weighted by molar-refractivity contribution is 0.425. The van der Waals surface area contributed by atoms with Gasteiger partial charge in [-0.05, 0) is 44.2 Å². The second-order valence-corrected chi connectivity index (χ2v) is 6.28. The van der Waals surface area contributed by atoms with Crippen molar-refractivity contribution in [2.75, 3.05) is 26.7 Å². The van der Waals surface area contributed by atoms with E-state index in [9.17, 15) is 8.42 Å². The number of benzene rings is 1. The van der Waals surface area contributed by atoms with Crippen LogP contribution in [0.15, 0.2) is 23.1 Å². The van der Waals surface area contributed by atoms with Gasteiger partial charge >= 0.3 is 0 Å². The molecule has 102 valence electrons. The van der Waals surface area contributed by atoms with Gasteiger partial charge in [0.05, 0.1) is 4.90 Å². The van der Waals surface area contributed by atoms with Gasteiger partial charge in [0, 0.05) is 19.6 Å². The maximum Gasteiger partial charge on any atom is 0.243 e. The Kier molecular flexibility index (Phi) is 5.31. The number of nitrogens with zero attached hydrogens (tertiary/aromatic N) is 1. The summed E-state index contributed by atoms with van der Waals surface area (Å²) in [5, 5.41) is 2.97. The minimum absolute atomic E-state index is 0.378. The molecular formula is C13H22N2O2S. The monoisotopic (exact) mass is 270 g/mol. The van der Waals surface area contributed by atoms with Crippen molar-refractivity contribution in [1.82, 2.24) is 9.62 Å². The molecule has 0 aliphatic carbocycles. The van der Waals surface area contributed by atoms with E-state index in [2.05, 4.69) is 5.32 Å². The van der Waals surface area contributed by atoms with E-state index >= 15 is 0 Å². The molecule has 0 fully saturated rings. The Morgan fingerprint density at radius 1 is 1.22 bits per heavy atom. The van der Waals surface area contributed by atoms with E-state index in [0.717, 1.165) is 11.1 Å². The second kappa shape index (κ2) is 6.31. The Labute approximate surface area is 110 Å². The molecule has 0 aromatic heterocycles. The zero-order chi connectivity index (χ0) is 13.8. The first-order valence-corrected chi connectivity index (χ1v) is 7.59. The number of nitrogens with one attached hydrogen (secondary N) is 1. The Bertz CT molecular complexity index is 498. The highest BCUT2D eigenvalue weighted by atomic mass is 32.2. The Hall–Kier alpha value is -0.910. The van der Waals surface area contributed by atoms with Gasteiger partial charge < -0.3 is 5.32 Å². The number of hydrogen-bond donors (Lipinski definition) is 1. The fourth-order valence-corrected chi connectivity index (χ4v) is 3.24. The summed E-state index contributed by atoms with van der Waals surface area (Å²) in [6.45, 7) is 7.38. The van der Waals surface area contributed by atoms with Crippen LogP contribution in [0.3, 0.4) is 0 Å². The lowest BCUT2D eigenvalue weighted by Gasteiger charge is -2.20. The van der Waals surface area contributed by atoms with Crippen molar-refractivity contribution < 1.29 is 8.42 Å². The van der Waals surface area contributed by atoms with Crippen molar-refractivity contribution in [3.8, 4) is 0 Å². The van der Waals surface area contributed by atoms with Crippen LogP contribution < -0.4 is 5.32 Å². The van der Waals surface area contributed by atoms with E-state index in [0.29, 0.717) is 24.5 Å². The SMILES string of the molecule is CCN(CCNC)S(=O)(=O)c1ccc(C)c(C)c1. The normalized spacial score (nSPS) is 12.1. The van der Waals surface area contributed by atoms with Crippen LogP contribution in [0.5, 0.6) is 0 Å². The van der Waals surface area contributed by atoms with Gasteiger partial charge in [-0.3, -0.25) is 0 Å². The smallest absolute Gasteiger partial charge is 0.243 e. The van der Waals surface area contributed by atoms with Gasteiger partial charge in [-0.15, -0.1) is 0 Å². The summed E-state index contributed by atoms with van der Waals surface area (Å²) in [7, 11) is -1.55. The topological polar surface area (TPSA) is 49.4 Å². The van der Waals surface area contributed by atoms with Crippen LogP contribution in [-0.2, 0) is 10.0 Å². The molecule has 0 heterocycles. The van der Waals surface area contributed by atoms with Gasteiger partial charge in [0.25, 0.3) is 0 Å². The van der Waals surface area contributed by atoms with Crippen molar-refractivity contribution in [1.29, 1.82) is 0 Å². The molecular weight excluding hydrogens is 248 g/mol. The maximum absolute atomic E-state index is 12.4.